The molecule has 5 heteroatoms. The lowest BCUT2D eigenvalue weighted by molar-refractivity contribution is 0.0600. The van der Waals surface area contributed by atoms with E-state index in [1.54, 1.807) is 13.0 Å². The van der Waals surface area contributed by atoms with Gasteiger partial charge in [-0.15, -0.1) is 0 Å². The number of esters is 1. The Hall–Kier alpha value is -1.20. The summed E-state index contributed by atoms with van der Waals surface area (Å²) in [5, 5.41) is 0. The lowest BCUT2D eigenvalue weighted by Gasteiger charge is -2.09. The second-order valence-corrected chi connectivity index (χ2v) is 4.48. The number of benzene rings is 1. The van der Waals surface area contributed by atoms with Gasteiger partial charge in [-0.1, -0.05) is 6.07 Å². The van der Waals surface area contributed by atoms with E-state index in [1.165, 1.54) is 7.11 Å². The normalized spacial score (nSPS) is 12.2. The first-order valence-electron chi connectivity index (χ1n) is 4.71. The molecule has 1 N–H and O–H groups in total. The molecule has 0 fully saturated rings. The molecule has 0 saturated carbocycles. The molecule has 88 valence electrons. The zero-order valence-corrected chi connectivity index (χ0v) is 10.3. The van der Waals surface area contributed by atoms with Gasteiger partial charge in [0.1, 0.15) is 0 Å². The third kappa shape index (κ3) is 2.90. The van der Waals surface area contributed by atoms with Gasteiger partial charge in [0.2, 0.25) is 0 Å². The third-order valence-electron chi connectivity index (χ3n) is 2.37. The minimum Gasteiger partial charge on any atom is -0.465 e. The van der Waals surface area contributed by atoms with Crippen LogP contribution in [0.15, 0.2) is 12.1 Å². The van der Waals surface area contributed by atoms with Gasteiger partial charge in [0.15, 0.2) is 11.1 Å². The Morgan fingerprint density at radius 2 is 2.00 bits per heavy atom. The van der Waals surface area contributed by atoms with Crippen LogP contribution in [0.4, 0.5) is 0 Å². The number of aryl methyl sites for hydroxylation is 2. The van der Waals surface area contributed by atoms with Crippen LogP contribution in [0.1, 0.15) is 27.0 Å². The number of carbonyl (C=O) groups is 1. The minimum atomic E-state index is -1.91. The molecule has 0 bridgehead atoms. The van der Waals surface area contributed by atoms with Crippen molar-refractivity contribution in [2.24, 2.45) is 0 Å². The highest BCUT2D eigenvalue weighted by Gasteiger charge is 2.13. The van der Waals surface area contributed by atoms with E-state index >= 15 is 0 Å². The topological polar surface area (TPSA) is 63.6 Å². The van der Waals surface area contributed by atoms with Crippen molar-refractivity contribution >= 4 is 17.0 Å². The number of hydrogen-bond donors (Lipinski definition) is 1. The highest BCUT2D eigenvalue weighted by molar-refractivity contribution is 7.78. The van der Waals surface area contributed by atoms with Crippen molar-refractivity contribution in [1.29, 1.82) is 0 Å². The largest absolute Gasteiger partial charge is 0.465 e. The van der Waals surface area contributed by atoms with Gasteiger partial charge in [-0.25, -0.2) is 9.00 Å². The molecule has 0 saturated heterocycles. The Bertz CT molecular complexity index is 440. The van der Waals surface area contributed by atoms with Crippen molar-refractivity contribution in [3.05, 3.63) is 34.4 Å². The Morgan fingerprint density at radius 1 is 1.38 bits per heavy atom. The summed E-state index contributed by atoms with van der Waals surface area (Å²) >= 11 is -1.91. The zero-order valence-electron chi connectivity index (χ0n) is 9.44. The first kappa shape index (κ1) is 12.9. The molecule has 16 heavy (non-hydrogen) atoms. The maximum atomic E-state index is 11.4. The number of methoxy groups -OCH3 is 1. The van der Waals surface area contributed by atoms with Crippen molar-refractivity contribution in [3.63, 3.8) is 0 Å². The molecule has 0 aromatic heterocycles. The molecule has 1 aromatic rings. The van der Waals surface area contributed by atoms with Crippen LogP contribution in [0, 0.1) is 13.8 Å². The summed E-state index contributed by atoms with van der Waals surface area (Å²) in [5.41, 5.74) is 2.82. The highest BCUT2D eigenvalue weighted by atomic mass is 32.2. The fraction of sp³-hybridized carbons (Fsp3) is 0.364. The van der Waals surface area contributed by atoms with Crippen LogP contribution < -0.4 is 0 Å². The van der Waals surface area contributed by atoms with Gasteiger partial charge in [-0.05, 0) is 36.6 Å². The predicted molar refractivity (Wildman–Crippen MR) is 61.7 cm³/mol. The molecule has 1 unspecified atom stereocenters. The Labute approximate surface area is 96.9 Å². The lowest BCUT2D eigenvalue weighted by Crippen LogP contribution is -2.07. The first-order valence-corrected chi connectivity index (χ1v) is 5.99. The minimum absolute atomic E-state index is 0.0239. The van der Waals surface area contributed by atoms with Gasteiger partial charge in [0.25, 0.3) is 0 Å². The monoisotopic (exact) mass is 242 g/mol. The van der Waals surface area contributed by atoms with Crippen molar-refractivity contribution < 1.29 is 18.3 Å². The molecule has 0 aliphatic carbocycles. The smallest absolute Gasteiger partial charge is 0.338 e. The highest BCUT2D eigenvalue weighted by Crippen LogP contribution is 2.18. The maximum Gasteiger partial charge on any atom is 0.338 e. The van der Waals surface area contributed by atoms with Crippen LogP contribution in [0.5, 0.6) is 0 Å². The van der Waals surface area contributed by atoms with E-state index < -0.39 is 17.0 Å². The van der Waals surface area contributed by atoms with Gasteiger partial charge in [-0.2, -0.15) is 0 Å². The van der Waals surface area contributed by atoms with Gasteiger partial charge >= 0.3 is 5.97 Å². The van der Waals surface area contributed by atoms with E-state index in [0.29, 0.717) is 11.1 Å². The fourth-order valence-electron chi connectivity index (χ4n) is 1.52. The number of rotatable bonds is 3. The summed E-state index contributed by atoms with van der Waals surface area (Å²) in [4.78, 5) is 11.4. The fourth-order valence-corrected chi connectivity index (χ4v) is 2.09. The zero-order chi connectivity index (χ0) is 12.3. The van der Waals surface area contributed by atoms with Crippen molar-refractivity contribution in [3.8, 4) is 0 Å². The molecule has 1 rings (SSSR count). The second-order valence-electron chi connectivity index (χ2n) is 3.55. The van der Waals surface area contributed by atoms with E-state index in [9.17, 15) is 9.00 Å². The number of ether oxygens (including phenoxy) is 1. The first-order chi connectivity index (χ1) is 7.45. The molecular formula is C11H14O4S. The molecule has 0 aliphatic rings. The van der Waals surface area contributed by atoms with Gasteiger partial charge in [-0.3, -0.25) is 0 Å². The van der Waals surface area contributed by atoms with Crippen molar-refractivity contribution in [2.75, 3.05) is 7.11 Å². The van der Waals surface area contributed by atoms with E-state index in [1.807, 2.05) is 13.0 Å². The Morgan fingerprint density at radius 3 is 2.50 bits per heavy atom. The van der Waals surface area contributed by atoms with Gasteiger partial charge in [0.05, 0.1) is 18.4 Å². The molecule has 4 nitrogen and oxygen atoms in total. The van der Waals surface area contributed by atoms with Crippen LogP contribution in [0.25, 0.3) is 0 Å². The Balaban J connectivity index is 3.21. The molecule has 0 spiro atoms. The SMILES string of the molecule is COC(=O)c1cc(CS(=O)O)c(C)cc1C. The van der Waals surface area contributed by atoms with Crippen LogP contribution >= 0.6 is 0 Å². The summed E-state index contributed by atoms with van der Waals surface area (Å²) in [7, 11) is 1.31. The van der Waals surface area contributed by atoms with E-state index in [4.69, 9.17) is 4.55 Å². The quantitative estimate of drug-likeness (QED) is 0.648. The average Bonchev–Trinajstić information content (AvgIpc) is 2.20. The number of carbonyl (C=O) groups excluding carboxylic acids is 1. The van der Waals surface area contributed by atoms with Crippen LogP contribution in [-0.4, -0.2) is 21.8 Å². The Kier molecular flexibility index (Phi) is 4.20. The molecule has 0 aliphatic heterocycles. The van der Waals surface area contributed by atoms with Crippen LogP contribution in [0.3, 0.4) is 0 Å². The predicted octanol–water partition coefficient (Wildman–Crippen LogP) is 1.81. The summed E-state index contributed by atoms with van der Waals surface area (Å²) in [6.45, 7) is 3.65. The van der Waals surface area contributed by atoms with Crippen LogP contribution in [0.2, 0.25) is 0 Å². The number of hydrogen-bond acceptors (Lipinski definition) is 3. The van der Waals surface area contributed by atoms with E-state index in [0.717, 1.165) is 11.1 Å². The summed E-state index contributed by atoms with van der Waals surface area (Å²) < 4.78 is 24.2. The van der Waals surface area contributed by atoms with Gasteiger partial charge < -0.3 is 9.29 Å². The third-order valence-corrected chi connectivity index (χ3v) is 2.93. The summed E-state index contributed by atoms with van der Waals surface area (Å²) in [6.07, 6.45) is 0. The molecule has 1 aromatic carbocycles. The molecule has 1 atom stereocenters. The maximum absolute atomic E-state index is 11.4. The van der Waals surface area contributed by atoms with Crippen LogP contribution in [-0.2, 0) is 21.6 Å². The molecule has 0 heterocycles. The molecular weight excluding hydrogens is 228 g/mol. The lowest BCUT2D eigenvalue weighted by atomic mass is 10.0. The van der Waals surface area contributed by atoms with E-state index in [2.05, 4.69) is 4.74 Å². The average molecular weight is 242 g/mol. The van der Waals surface area contributed by atoms with Gasteiger partial charge in [0, 0.05) is 0 Å². The standard InChI is InChI=1S/C11H14O4S/c1-7-4-8(2)10(11(12)15-3)5-9(7)6-16(13)14/h4-5H,6H2,1-3H3,(H,13,14). The summed E-state index contributed by atoms with van der Waals surface area (Å²) in [5.74, 6) is -0.404. The summed E-state index contributed by atoms with van der Waals surface area (Å²) in [6, 6.07) is 3.43. The van der Waals surface area contributed by atoms with Crippen molar-refractivity contribution in [1.82, 2.24) is 0 Å². The molecule has 0 radical (unpaired) electrons. The molecule has 0 amide bonds. The van der Waals surface area contributed by atoms with Crippen molar-refractivity contribution in [2.45, 2.75) is 19.6 Å². The second kappa shape index (κ2) is 5.23. The van der Waals surface area contributed by atoms with E-state index in [-0.39, 0.29) is 5.75 Å².